The minimum Gasteiger partial charge on any atom is -0.490 e. The van der Waals surface area contributed by atoms with Gasteiger partial charge in [-0.1, -0.05) is 36.4 Å². The topological polar surface area (TPSA) is 93.7 Å². The maximum Gasteiger partial charge on any atom is 0.262 e. The van der Waals surface area contributed by atoms with Crippen LogP contribution >= 0.6 is 0 Å². The average Bonchev–Trinajstić information content (AvgIpc) is 3.67. The molecule has 7 nitrogen and oxygen atoms in total. The first kappa shape index (κ1) is 22.3. The Labute approximate surface area is 199 Å². The highest BCUT2D eigenvalue weighted by Gasteiger charge is 2.44. The van der Waals surface area contributed by atoms with Gasteiger partial charge in [-0.25, -0.2) is 8.42 Å². The Morgan fingerprint density at radius 3 is 2.41 bits per heavy atom. The lowest BCUT2D eigenvalue weighted by Crippen LogP contribution is -2.32. The van der Waals surface area contributed by atoms with Crippen molar-refractivity contribution in [1.82, 2.24) is 5.32 Å². The lowest BCUT2D eigenvalue weighted by Gasteiger charge is -2.17. The van der Waals surface area contributed by atoms with Gasteiger partial charge in [-0.05, 0) is 48.7 Å². The second-order valence-corrected chi connectivity index (χ2v) is 10.4. The second kappa shape index (κ2) is 9.02. The molecule has 2 aliphatic rings. The minimum absolute atomic E-state index is 0.00671. The molecule has 1 aliphatic carbocycles. The smallest absolute Gasteiger partial charge is 0.262 e. The van der Waals surface area contributed by atoms with Gasteiger partial charge in [0.25, 0.3) is 15.9 Å². The number of carbonyl (C=O) groups excluding carboxylic acids is 1. The first-order valence-electron chi connectivity index (χ1n) is 11.3. The third-order valence-corrected chi connectivity index (χ3v) is 7.61. The molecule has 5 rings (SSSR count). The number of anilines is 1. The average molecular weight is 479 g/mol. The molecule has 1 saturated carbocycles. The van der Waals surface area contributed by atoms with Crippen molar-refractivity contribution in [1.29, 1.82) is 0 Å². The van der Waals surface area contributed by atoms with E-state index in [0.717, 1.165) is 19.3 Å². The van der Waals surface area contributed by atoms with Crippen LogP contribution in [0, 0.1) is 0 Å². The maximum absolute atomic E-state index is 13.0. The molecule has 3 aromatic rings. The van der Waals surface area contributed by atoms with E-state index in [4.69, 9.17) is 9.47 Å². The molecule has 3 aromatic carbocycles. The van der Waals surface area contributed by atoms with E-state index in [1.165, 1.54) is 23.8 Å². The van der Waals surface area contributed by atoms with E-state index < -0.39 is 10.0 Å². The van der Waals surface area contributed by atoms with E-state index in [-0.39, 0.29) is 16.2 Å². The Balaban J connectivity index is 1.27. The summed E-state index contributed by atoms with van der Waals surface area (Å²) in [6.07, 6.45) is 2.80. The molecule has 1 fully saturated rings. The van der Waals surface area contributed by atoms with Crippen molar-refractivity contribution < 1.29 is 22.7 Å². The predicted octanol–water partition coefficient (Wildman–Crippen LogP) is 4.11. The normalized spacial score (nSPS) is 16.2. The van der Waals surface area contributed by atoms with Gasteiger partial charge in [-0.15, -0.1) is 0 Å². The predicted molar refractivity (Wildman–Crippen MR) is 129 cm³/mol. The molecule has 0 radical (unpaired) electrons. The summed E-state index contributed by atoms with van der Waals surface area (Å²) in [6, 6.07) is 21.2. The number of amides is 1. The van der Waals surface area contributed by atoms with E-state index in [0.29, 0.717) is 42.5 Å². The molecule has 1 aliphatic heterocycles. The van der Waals surface area contributed by atoms with E-state index in [2.05, 4.69) is 22.2 Å². The lowest BCUT2D eigenvalue weighted by molar-refractivity contribution is 0.0949. The molecule has 8 heteroatoms. The van der Waals surface area contributed by atoms with Crippen LogP contribution in [0.3, 0.4) is 0 Å². The number of hydrogen-bond donors (Lipinski definition) is 2. The van der Waals surface area contributed by atoms with Gasteiger partial charge in [0.15, 0.2) is 11.5 Å². The maximum atomic E-state index is 13.0. The van der Waals surface area contributed by atoms with Crippen LogP contribution < -0.4 is 19.5 Å². The first-order chi connectivity index (χ1) is 16.5. The van der Waals surface area contributed by atoms with Gasteiger partial charge in [0, 0.05) is 35.7 Å². The zero-order chi connectivity index (χ0) is 23.6. The summed E-state index contributed by atoms with van der Waals surface area (Å²) in [7, 11) is -3.88. The Hall–Kier alpha value is -3.52. The fourth-order valence-electron chi connectivity index (χ4n) is 4.11. The minimum atomic E-state index is -3.88. The largest absolute Gasteiger partial charge is 0.490 e. The number of carbonyl (C=O) groups is 1. The van der Waals surface area contributed by atoms with Crippen LogP contribution in [0.15, 0.2) is 77.7 Å². The highest BCUT2D eigenvalue weighted by atomic mass is 32.2. The lowest BCUT2D eigenvalue weighted by atomic mass is 9.96. The van der Waals surface area contributed by atoms with Crippen LogP contribution in [0.2, 0.25) is 0 Å². The van der Waals surface area contributed by atoms with E-state index in [9.17, 15) is 13.2 Å². The van der Waals surface area contributed by atoms with Crippen molar-refractivity contribution >= 4 is 21.6 Å². The van der Waals surface area contributed by atoms with Crippen LogP contribution in [-0.2, 0) is 15.4 Å². The van der Waals surface area contributed by atoms with Gasteiger partial charge in [0.2, 0.25) is 0 Å². The number of rotatable bonds is 7. The van der Waals surface area contributed by atoms with Crippen molar-refractivity contribution in [2.75, 3.05) is 24.5 Å². The van der Waals surface area contributed by atoms with Crippen molar-refractivity contribution in [2.45, 2.75) is 29.6 Å². The van der Waals surface area contributed by atoms with E-state index in [1.54, 1.807) is 24.3 Å². The number of hydrogen-bond acceptors (Lipinski definition) is 5. The first-order valence-corrected chi connectivity index (χ1v) is 12.8. The monoisotopic (exact) mass is 478 g/mol. The molecular formula is C26H26N2O5S. The number of benzene rings is 3. The number of ether oxygens (including phenoxy) is 2. The van der Waals surface area contributed by atoms with Crippen LogP contribution in [0.1, 0.15) is 35.2 Å². The quantitative estimate of drug-likeness (QED) is 0.533. The summed E-state index contributed by atoms with van der Waals surface area (Å²) in [5, 5.41) is 3.02. The summed E-state index contributed by atoms with van der Waals surface area (Å²) in [4.78, 5) is 12.9. The van der Waals surface area contributed by atoms with Crippen molar-refractivity contribution in [3.63, 3.8) is 0 Å². The third-order valence-electron chi connectivity index (χ3n) is 6.23. The molecule has 34 heavy (non-hydrogen) atoms. The Morgan fingerprint density at radius 2 is 1.65 bits per heavy atom. The van der Waals surface area contributed by atoms with Crippen LogP contribution in [-0.4, -0.2) is 34.1 Å². The SMILES string of the molecule is O=C(NCC1(c2ccccc2)CC1)c1cccc(NS(=O)(=O)c2ccc3c(c2)OCCCO3)c1. The molecule has 2 N–H and O–H groups in total. The highest BCUT2D eigenvalue weighted by Crippen LogP contribution is 2.47. The van der Waals surface area contributed by atoms with Crippen molar-refractivity contribution in [3.05, 3.63) is 83.9 Å². The molecule has 1 amide bonds. The van der Waals surface area contributed by atoms with Crippen LogP contribution in [0.4, 0.5) is 5.69 Å². The Morgan fingerprint density at radius 1 is 0.882 bits per heavy atom. The molecule has 0 spiro atoms. The van der Waals surface area contributed by atoms with Crippen molar-refractivity contribution in [3.8, 4) is 11.5 Å². The van der Waals surface area contributed by atoms with Gasteiger partial charge >= 0.3 is 0 Å². The molecule has 0 saturated heterocycles. The molecule has 0 unspecified atom stereocenters. The summed E-state index contributed by atoms with van der Waals surface area (Å²) in [5.41, 5.74) is 1.92. The second-order valence-electron chi connectivity index (χ2n) is 8.67. The molecule has 0 aromatic heterocycles. The Bertz CT molecular complexity index is 1300. The molecular weight excluding hydrogens is 452 g/mol. The van der Waals surface area contributed by atoms with Gasteiger partial charge in [0.1, 0.15) is 0 Å². The highest BCUT2D eigenvalue weighted by molar-refractivity contribution is 7.92. The standard InChI is InChI=1S/C26H26N2O5S/c29-25(27-18-26(12-13-26)20-7-2-1-3-8-20)19-6-4-9-21(16-19)28-34(30,31)22-10-11-23-24(17-22)33-15-5-14-32-23/h1-4,6-11,16-17,28H,5,12-15,18H2,(H,27,29). The summed E-state index contributed by atoms with van der Waals surface area (Å²) in [6.45, 7) is 1.54. The van der Waals surface area contributed by atoms with Crippen molar-refractivity contribution in [2.24, 2.45) is 0 Å². The van der Waals surface area contributed by atoms with E-state index in [1.807, 2.05) is 18.2 Å². The fourth-order valence-corrected chi connectivity index (χ4v) is 5.17. The molecule has 1 heterocycles. The zero-order valence-corrected chi connectivity index (χ0v) is 19.4. The number of nitrogens with one attached hydrogen (secondary N) is 2. The van der Waals surface area contributed by atoms with Gasteiger partial charge < -0.3 is 14.8 Å². The van der Waals surface area contributed by atoms with E-state index >= 15 is 0 Å². The van der Waals surface area contributed by atoms with Crippen LogP contribution in [0.25, 0.3) is 0 Å². The molecule has 176 valence electrons. The molecule has 0 atom stereocenters. The summed E-state index contributed by atoms with van der Waals surface area (Å²) >= 11 is 0. The summed E-state index contributed by atoms with van der Waals surface area (Å²) in [5.74, 6) is 0.693. The Kier molecular flexibility index (Phi) is 5.91. The molecule has 0 bridgehead atoms. The van der Waals surface area contributed by atoms with Gasteiger partial charge in [-0.2, -0.15) is 0 Å². The third kappa shape index (κ3) is 4.72. The summed E-state index contributed by atoms with van der Waals surface area (Å²) < 4.78 is 39.7. The fraction of sp³-hybridized carbons (Fsp3) is 0.269. The van der Waals surface area contributed by atoms with Gasteiger partial charge in [-0.3, -0.25) is 9.52 Å². The van der Waals surface area contributed by atoms with Crippen LogP contribution in [0.5, 0.6) is 11.5 Å². The zero-order valence-electron chi connectivity index (χ0n) is 18.6. The number of fused-ring (bicyclic) bond motifs is 1. The number of sulfonamides is 1. The van der Waals surface area contributed by atoms with Gasteiger partial charge in [0.05, 0.1) is 18.1 Å².